The van der Waals surface area contributed by atoms with Gasteiger partial charge in [-0.15, -0.1) is 0 Å². The average molecular weight is 290 g/mol. The van der Waals surface area contributed by atoms with Crippen molar-refractivity contribution in [2.24, 2.45) is 5.92 Å². The first-order chi connectivity index (χ1) is 10.3. The molecule has 2 aliphatic heterocycles. The van der Waals surface area contributed by atoms with E-state index in [9.17, 15) is 4.79 Å². The third-order valence-corrected chi connectivity index (χ3v) is 4.36. The second-order valence-electron chi connectivity index (χ2n) is 5.66. The van der Waals surface area contributed by atoms with Gasteiger partial charge in [-0.3, -0.25) is 9.78 Å². The number of likely N-dealkylation sites (tertiary alicyclic amines) is 1. The van der Waals surface area contributed by atoms with Crippen LogP contribution in [0.25, 0.3) is 0 Å². The van der Waals surface area contributed by atoms with E-state index in [1.807, 2.05) is 11.9 Å². The SMILES string of the molecule is CNc1cncc(C2CCCN2C(=O)C2CCOCC2)n1. The van der Waals surface area contributed by atoms with Gasteiger partial charge in [-0.2, -0.15) is 0 Å². The molecule has 1 unspecified atom stereocenters. The summed E-state index contributed by atoms with van der Waals surface area (Å²) >= 11 is 0. The molecule has 21 heavy (non-hydrogen) atoms. The molecule has 1 aromatic heterocycles. The Morgan fingerprint density at radius 2 is 2.14 bits per heavy atom. The molecule has 0 radical (unpaired) electrons. The number of amides is 1. The molecule has 3 heterocycles. The molecule has 2 saturated heterocycles. The van der Waals surface area contributed by atoms with E-state index >= 15 is 0 Å². The minimum absolute atomic E-state index is 0.0705. The number of carbonyl (C=O) groups excluding carboxylic acids is 1. The van der Waals surface area contributed by atoms with E-state index in [0.717, 1.165) is 43.7 Å². The number of carbonyl (C=O) groups is 1. The summed E-state index contributed by atoms with van der Waals surface area (Å²) in [7, 11) is 1.83. The number of nitrogens with one attached hydrogen (secondary N) is 1. The maximum absolute atomic E-state index is 12.7. The van der Waals surface area contributed by atoms with Gasteiger partial charge in [0.15, 0.2) is 0 Å². The van der Waals surface area contributed by atoms with Crippen LogP contribution in [0.3, 0.4) is 0 Å². The predicted octanol–water partition coefficient (Wildman–Crippen LogP) is 1.61. The quantitative estimate of drug-likeness (QED) is 0.916. The fraction of sp³-hybridized carbons (Fsp3) is 0.667. The van der Waals surface area contributed by atoms with Gasteiger partial charge in [0, 0.05) is 32.7 Å². The monoisotopic (exact) mass is 290 g/mol. The standard InChI is InChI=1S/C15H22N4O2/c1-16-14-10-17-9-12(18-14)13-3-2-6-19(13)15(20)11-4-7-21-8-5-11/h9-11,13H,2-8H2,1H3,(H,16,18). The van der Waals surface area contributed by atoms with Crippen molar-refractivity contribution in [3.8, 4) is 0 Å². The van der Waals surface area contributed by atoms with E-state index in [-0.39, 0.29) is 17.9 Å². The van der Waals surface area contributed by atoms with Gasteiger partial charge in [0.25, 0.3) is 0 Å². The lowest BCUT2D eigenvalue weighted by molar-refractivity contribution is -0.139. The van der Waals surface area contributed by atoms with E-state index in [2.05, 4.69) is 15.3 Å². The predicted molar refractivity (Wildman–Crippen MR) is 78.8 cm³/mol. The van der Waals surface area contributed by atoms with Crippen LogP contribution in [0.15, 0.2) is 12.4 Å². The van der Waals surface area contributed by atoms with Crippen molar-refractivity contribution < 1.29 is 9.53 Å². The van der Waals surface area contributed by atoms with Gasteiger partial charge >= 0.3 is 0 Å². The first kappa shape index (κ1) is 14.3. The molecular formula is C15H22N4O2. The largest absolute Gasteiger partial charge is 0.381 e. The lowest BCUT2D eigenvalue weighted by Gasteiger charge is -2.30. The maximum Gasteiger partial charge on any atom is 0.226 e. The maximum atomic E-state index is 12.7. The number of hydrogen-bond acceptors (Lipinski definition) is 5. The molecule has 0 bridgehead atoms. The van der Waals surface area contributed by atoms with Gasteiger partial charge in [0.2, 0.25) is 5.91 Å². The third kappa shape index (κ3) is 3.00. The van der Waals surface area contributed by atoms with Crippen LogP contribution in [0.4, 0.5) is 5.82 Å². The van der Waals surface area contributed by atoms with Crippen LogP contribution < -0.4 is 5.32 Å². The van der Waals surface area contributed by atoms with Gasteiger partial charge < -0.3 is 15.0 Å². The smallest absolute Gasteiger partial charge is 0.226 e. The lowest BCUT2D eigenvalue weighted by Crippen LogP contribution is -2.38. The molecule has 0 spiro atoms. The zero-order chi connectivity index (χ0) is 14.7. The van der Waals surface area contributed by atoms with Crippen LogP contribution in [0.1, 0.15) is 37.4 Å². The Kier molecular flexibility index (Phi) is 4.34. The summed E-state index contributed by atoms with van der Waals surface area (Å²) in [6.07, 6.45) is 7.15. The number of rotatable bonds is 3. The molecule has 1 atom stereocenters. The molecule has 6 nitrogen and oxygen atoms in total. The molecule has 0 saturated carbocycles. The van der Waals surface area contributed by atoms with Crippen LogP contribution in [0, 0.1) is 5.92 Å². The molecule has 114 valence electrons. The van der Waals surface area contributed by atoms with Crippen LogP contribution in [-0.2, 0) is 9.53 Å². The molecule has 2 fully saturated rings. The van der Waals surface area contributed by atoms with Gasteiger partial charge in [0.05, 0.1) is 24.1 Å². The number of nitrogens with zero attached hydrogens (tertiary/aromatic N) is 3. The van der Waals surface area contributed by atoms with Crippen molar-refractivity contribution in [3.05, 3.63) is 18.1 Å². The first-order valence-corrected chi connectivity index (χ1v) is 7.67. The highest BCUT2D eigenvalue weighted by molar-refractivity contribution is 5.79. The molecule has 6 heteroatoms. The van der Waals surface area contributed by atoms with Crippen LogP contribution in [0.5, 0.6) is 0 Å². The topological polar surface area (TPSA) is 67.4 Å². The fourth-order valence-corrected chi connectivity index (χ4v) is 3.18. The third-order valence-electron chi connectivity index (χ3n) is 4.36. The van der Waals surface area contributed by atoms with Crippen LogP contribution >= 0.6 is 0 Å². The molecule has 0 aliphatic carbocycles. The highest BCUT2D eigenvalue weighted by Crippen LogP contribution is 2.33. The van der Waals surface area contributed by atoms with Crippen LogP contribution in [-0.4, -0.2) is 47.6 Å². The summed E-state index contributed by atoms with van der Waals surface area (Å²) < 4.78 is 5.35. The summed E-state index contributed by atoms with van der Waals surface area (Å²) in [5.74, 6) is 1.12. The molecule has 2 aliphatic rings. The summed E-state index contributed by atoms with van der Waals surface area (Å²) in [5.41, 5.74) is 0.889. The van der Waals surface area contributed by atoms with Crippen LogP contribution in [0.2, 0.25) is 0 Å². The van der Waals surface area contributed by atoms with Crippen molar-refractivity contribution in [1.29, 1.82) is 0 Å². The number of ether oxygens (including phenoxy) is 1. The zero-order valence-electron chi connectivity index (χ0n) is 12.4. The van der Waals surface area contributed by atoms with Crippen molar-refractivity contribution in [3.63, 3.8) is 0 Å². The van der Waals surface area contributed by atoms with E-state index < -0.39 is 0 Å². The van der Waals surface area contributed by atoms with E-state index in [4.69, 9.17) is 4.74 Å². The number of hydrogen-bond donors (Lipinski definition) is 1. The molecule has 1 amide bonds. The highest BCUT2D eigenvalue weighted by Gasteiger charge is 2.35. The van der Waals surface area contributed by atoms with Gasteiger partial charge in [-0.1, -0.05) is 0 Å². The van der Waals surface area contributed by atoms with Gasteiger partial charge in [-0.05, 0) is 25.7 Å². The Morgan fingerprint density at radius 1 is 1.33 bits per heavy atom. The fourth-order valence-electron chi connectivity index (χ4n) is 3.18. The Morgan fingerprint density at radius 3 is 2.90 bits per heavy atom. The van der Waals surface area contributed by atoms with E-state index in [0.29, 0.717) is 13.2 Å². The Hall–Kier alpha value is -1.69. The van der Waals surface area contributed by atoms with Crippen molar-refractivity contribution in [2.75, 3.05) is 32.1 Å². The summed E-state index contributed by atoms with van der Waals surface area (Å²) in [5, 5.41) is 3.00. The number of aromatic nitrogens is 2. The normalized spacial score (nSPS) is 23.3. The highest BCUT2D eigenvalue weighted by atomic mass is 16.5. The van der Waals surface area contributed by atoms with Crippen molar-refractivity contribution >= 4 is 11.7 Å². The van der Waals surface area contributed by atoms with Crippen molar-refractivity contribution in [2.45, 2.75) is 31.7 Å². The Balaban J connectivity index is 1.76. The second kappa shape index (κ2) is 6.39. The summed E-state index contributed by atoms with van der Waals surface area (Å²) in [4.78, 5) is 23.5. The summed E-state index contributed by atoms with van der Waals surface area (Å²) in [6.45, 7) is 2.22. The summed E-state index contributed by atoms with van der Waals surface area (Å²) in [6, 6.07) is 0.0705. The Bertz CT molecular complexity index is 502. The number of anilines is 1. The average Bonchev–Trinajstić information content (AvgIpc) is 3.04. The van der Waals surface area contributed by atoms with Gasteiger partial charge in [0.1, 0.15) is 5.82 Å². The lowest BCUT2D eigenvalue weighted by atomic mass is 9.98. The molecule has 3 rings (SSSR count). The van der Waals surface area contributed by atoms with Gasteiger partial charge in [-0.25, -0.2) is 4.98 Å². The second-order valence-corrected chi connectivity index (χ2v) is 5.66. The first-order valence-electron chi connectivity index (χ1n) is 7.67. The minimum Gasteiger partial charge on any atom is -0.381 e. The van der Waals surface area contributed by atoms with E-state index in [1.54, 1.807) is 12.4 Å². The molecule has 1 N–H and O–H groups in total. The molecule has 0 aromatic carbocycles. The minimum atomic E-state index is 0.0705. The molecule has 1 aromatic rings. The van der Waals surface area contributed by atoms with Crippen molar-refractivity contribution in [1.82, 2.24) is 14.9 Å². The van der Waals surface area contributed by atoms with E-state index in [1.165, 1.54) is 0 Å². The molecular weight excluding hydrogens is 268 g/mol. The zero-order valence-corrected chi connectivity index (χ0v) is 12.4. The Labute approximate surface area is 124 Å².